The maximum absolute atomic E-state index is 11.0. The van der Waals surface area contributed by atoms with E-state index in [1.807, 2.05) is 30.3 Å². The quantitative estimate of drug-likeness (QED) is 0.478. The van der Waals surface area contributed by atoms with E-state index in [2.05, 4.69) is 32.1 Å². The third-order valence-corrected chi connectivity index (χ3v) is 5.91. The molecule has 1 aliphatic heterocycles. The number of aliphatic hydroxyl groups is 1. The SMILES string of the molecule is CN1CCC(C(O)c2n[nH]cc2-c2cnc(N)c(-c3nc4ccccc4o3)c2)CC1. The minimum atomic E-state index is -0.634. The number of aromatic amines is 1. The van der Waals surface area contributed by atoms with Gasteiger partial charge in [0.1, 0.15) is 17.4 Å². The van der Waals surface area contributed by atoms with Gasteiger partial charge in [-0.3, -0.25) is 5.10 Å². The van der Waals surface area contributed by atoms with Gasteiger partial charge in [0.25, 0.3) is 0 Å². The second kappa shape index (κ2) is 7.55. The molecule has 154 valence electrons. The predicted octanol–water partition coefficient (Wildman–Crippen LogP) is 3.24. The molecule has 8 heteroatoms. The molecular formula is C22H24N6O2. The van der Waals surface area contributed by atoms with E-state index in [1.165, 1.54) is 0 Å². The standard InChI is InChI=1S/C22H24N6O2/c1-28-8-6-13(7-9-28)20(29)19-16(12-25-27-19)14-10-15(21(23)24-11-14)22-26-17-4-2-3-5-18(17)30-22/h2-5,10-13,20,29H,6-9H2,1H3,(H2,23,24)(H,25,27). The van der Waals surface area contributed by atoms with Crippen molar-refractivity contribution in [1.29, 1.82) is 0 Å². The van der Waals surface area contributed by atoms with E-state index in [0.717, 1.165) is 42.6 Å². The van der Waals surface area contributed by atoms with Crippen LogP contribution in [0.15, 0.2) is 47.1 Å². The van der Waals surface area contributed by atoms with Crippen molar-refractivity contribution >= 4 is 16.9 Å². The van der Waals surface area contributed by atoms with Gasteiger partial charge in [-0.2, -0.15) is 5.10 Å². The molecule has 8 nitrogen and oxygen atoms in total. The lowest BCUT2D eigenvalue weighted by Crippen LogP contribution is -2.32. The molecule has 4 aromatic rings. The lowest BCUT2D eigenvalue weighted by Gasteiger charge is -2.31. The van der Waals surface area contributed by atoms with Crippen molar-refractivity contribution in [2.24, 2.45) is 5.92 Å². The number of nitrogen functional groups attached to an aromatic ring is 1. The fourth-order valence-electron chi connectivity index (χ4n) is 4.11. The number of para-hydroxylation sites is 2. The molecule has 30 heavy (non-hydrogen) atoms. The van der Waals surface area contributed by atoms with Crippen molar-refractivity contribution in [3.63, 3.8) is 0 Å². The Morgan fingerprint density at radius 1 is 1.23 bits per heavy atom. The Balaban J connectivity index is 1.50. The zero-order valence-electron chi connectivity index (χ0n) is 16.7. The van der Waals surface area contributed by atoms with E-state index >= 15 is 0 Å². The first kappa shape index (κ1) is 18.8. The van der Waals surface area contributed by atoms with Gasteiger partial charge in [0.2, 0.25) is 5.89 Å². The van der Waals surface area contributed by atoms with E-state index in [-0.39, 0.29) is 5.92 Å². The number of nitrogens with zero attached hydrogens (tertiary/aromatic N) is 4. The molecule has 0 saturated carbocycles. The molecule has 0 radical (unpaired) electrons. The highest BCUT2D eigenvalue weighted by atomic mass is 16.3. The number of likely N-dealkylation sites (tertiary alicyclic amines) is 1. The van der Waals surface area contributed by atoms with Crippen molar-refractivity contribution in [3.8, 4) is 22.6 Å². The van der Waals surface area contributed by atoms with Crippen LogP contribution in [0.1, 0.15) is 24.6 Å². The Morgan fingerprint density at radius 2 is 2.03 bits per heavy atom. The molecule has 4 heterocycles. The molecule has 3 aromatic heterocycles. The summed E-state index contributed by atoms with van der Waals surface area (Å²) in [6, 6.07) is 9.46. The fraction of sp³-hybridized carbons (Fsp3) is 0.318. The highest BCUT2D eigenvalue weighted by molar-refractivity contribution is 5.81. The van der Waals surface area contributed by atoms with E-state index in [9.17, 15) is 5.11 Å². The number of rotatable bonds is 4. The van der Waals surface area contributed by atoms with Gasteiger partial charge in [0.05, 0.1) is 11.3 Å². The van der Waals surface area contributed by atoms with Crippen LogP contribution >= 0.6 is 0 Å². The topological polar surface area (TPSA) is 117 Å². The number of nitrogens with two attached hydrogens (primary N) is 1. The summed E-state index contributed by atoms with van der Waals surface area (Å²) < 4.78 is 5.88. The van der Waals surface area contributed by atoms with Crippen LogP contribution in [-0.2, 0) is 0 Å². The third kappa shape index (κ3) is 3.34. The smallest absolute Gasteiger partial charge is 0.231 e. The normalized spacial score (nSPS) is 16.9. The van der Waals surface area contributed by atoms with Gasteiger partial charge >= 0.3 is 0 Å². The van der Waals surface area contributed by atoms with Crippen molar-refractivity contribution < 1.29 is 9.52 Å². The molecule has 5 rings (SSSR count). The Hall–Kier alpha value is -3.23. The van der Waals surface area contributed by atoms with Gasteiger partial charge in [-0.15, -0.1) is 0 Å². The molecular weight excluding hydrogens is 380 g/mol. The Kier molecular flexibility index (Phi) is 4.72. The van der Waals surface area contributed by atoms with Crippen molar-refractivity contribution in [1.82, 2.24) is 25.1 Å². The van der Waals surface area contributed by atoms with E-state index in [1.54, 1.807) is 12.4 Å². The number of hydrogen-bond acceptors (Lipinski definition) is 7. The molecule has 1 aliphatic rings. The molecule has 0 amide bonds. The second-order valence-corrected chi connectivity index (χ2v) is 7.91. The number of oxazole rings is 1. The fourth-order valence-corrected chi connectivity index (χ4v) is 4.11. The molecule has 4 N–H and O–H groups in total. The summed E-state index contributed by atoms with van der Waals surface area (Å²) >= 11 is 0. The number of piperidine rings is 1. The van der Waals surface area contributed by atoms with Crippen LogP contribution in [0.3, 0.4) is 0 Å². The minimum Gasteiger partial charge on any atom is -0.436 e. The second-order valence-electron chi connectivity index (χ2n) is 7.91. The number of fused-ring (bicyclic) bond motifs is 1. The lowest BCUT2D eigenvalue weighted by atomic mass is 9.88. The summed E-state index contributed by atoms with van der Waals surface area (Å²) in [6.07, 6.45) is 4.73. The molecule has 1 fully saturated rings. The van der Waals surface area contributed by atoms with Gasteiger partial charge in [-0.05, 0) is 57.1 Å². The van der Waals surface area contributed by atoms with Crippen molar-refractivity contribution in [3.05, 3.63) is 48.4 Å². The van der Waals surface area contributed by atoms with Crippen LogP contribution in [-0.4, -0.2) is 50.3 Å². The third-order valence-electron chi connectivity index (χ3n) is 5.91. The zero-order valence-corrected chi connectivity index (χ0v) is 16.7. The number of anilines is 1. The summed E-state index contributed by atoms with van der Waals surface area (Å²) in [5.41, 5.74) is 10.5. The number of benzene rings is 1. The van der Waals surface area contributed by atoms with Crippen LogP contribution in [0.2, 0.25) is 0 Å². The number of H-pyrrole nitrogens is 1. The lowest BCUT2D eigenvalue weighted by molar-refractivity contribution is 0.0630. The molecule has 0 spiro atoms. The molecule has 1 atom stereocenters. The van der Waals surface area contributed by atoms with Crippen LogP contribution in [0, 0.1) is 5.92 Å². The maximum atomic E-state index is 11.0. The zero-order chi connectivity index (χ0) is 20.7. The number of aromatic nitrogens is 4. The first-order valence-corrected chi connectivity index (χ1v) is 10.1. The van der Waals surface area contributed by atoms with Gasteiger partial charge in [0.15, 0.2) is 5.58 Å². The summed E-state index contributed by atoms with van der Waals surface area (Å²) in [7, 11) is 2.11. The van der Waals surface area contributed by atoms with Gasteiger partial charge in [0, 0.05) is 23.5 Å². The molecule has 0 bridgehead atoms. The average Bonchev–Trinajstić information content (AvgIpc) is 3.41. The largest absolute Gasteiger partial charge is 0.436 e. The maximum Gasteiger partial charge on any atom is 0.231 e. The molecule has 1 aromatic carbocycles. The van der Waals surface area contributed by atoms with E-state index in [0.29, 0.717) is 28.5 Å². The Morgan fingerprint density at radius 3 is 2.83 bits per heavy atom. The van der Waals surface area contributed by atoms with E-state index < -0.39 is 6.10 Å². The highest BCUT2D eigenvalue weighted by Gasteiger charge is 2.29. The number of nitrogens with one attached hydrogen (secondary N) is 1. The summed E-state index contributed by atoms with van der Waals surface area (Å²) in [5, 5.41) is 18.3. The molecule has 1 saturated heterocycles. The first-order chi connectivity index (χ1) is 14.6. The summed E-state index contributed by atoms with van der Waals surface area (Å²) in [6.45, 7) is 1.96. The first-order valence-electron chi connectivity index (χ1n) is 10.1. The number of aliphatic hydroxyl groups excluding tert-OH is 1. The van der Waals surface area contributed by atoms with Crippen LogP contribution in [0.25, 0.3) is 33.7 Å². The molecule has 1 unspecified atom stereocenters. The molecule has 0 aliphatic carbocycles. The van der Waals surface area contributed by atoms with Crippen molar-refractivity contribution in [2.45, 2.75) is 18.9 Å². The summed E-state index contributed by atoms with van der Waals surface area (Å²) in [5.74, 6) is 0.941. The van der Waals surface area contributed by atoms with Gasteiger partial charge < -0.3 is 20.2 Å². The predicted molar refractivity (Wildman–Crippen MR) is 114 cm³/mol. The number of hydrogen-bond donors (Lipinski definition) is 3. The van der Waals surface area contributed by atoms with Crippen LogP contribution < -0.4 is 5.73 Å². The highest BCUT2D eigenvalue weighted by Crippen LogP contribution is 2.37. The average molecular weight is 404 g/mol. The van der Waals surface area contributed by atoms with Gasteiger partial charge in [-0.1, -0.05) is 12.1 Å². The Bertz CT molecular complexity index is 1140. The van der Waals surface area contributed by atoms with Gasteiger partial charge in [-0.25, -0.2) is 9.97 Å². The monoisotopic (exact) mass is 404 g/mol. The minimum absolute atomic E-state index is 0.182. The van der Waals surface area contributed by atoms with Crippen LogP contribution in [0.4, 0.5) is 5.82 Å². The Labute approximate surface area is 173 Å². The van der Waals surface area contributed by atoms with E-state index in [4.69, 9.17) is 10.2 Å². The summed E-state index contributed by atoms with van der Waals surface area (Å²) in [4.78, 5) is 11.2. The van der Waals surface area contributed by atoms with Crippen molar-refractivity contribution in [2.75, 3.05) is 25.9 Å². The van der Waals surface area contributed by atoms with Crippen LogP contribution in [0.5, 0.6) is 0 Å². The number of pyridine rings is 1.